The molecule has 0 aliphatic rings. The number of aliphatic carboxylic acids is 1. The number of hydrogen-bond donors (Lipinski definition) is 2. The molecule has 0 fully saturated rings. The van der Waals surface area contributed by atoms with Crippen LogP contribution in [0.1, 0.15) is 5.56 Å². The summed E-state index contributed by atoms with van der Waals surface area (Å²) < 4.78 is 0. The lowest BCUT2D eigenvalue weighted by Gasteiger charge is -2.11. The van der Waals surface area contributed by atoms with Gasteiger partial charge < -0.3 is 10.2 Å². The minimum Gasteiger partial charge on any atom is -0.481 e. The first-order chi connectivity index (χ1) is 8.22. The predicted octanol–water partition coefficient (Wildman–Crippen LogP) is 2.08. The number of carboxylic acid groups (broad SMARTS) is 1. The van der Waals surface area contributed by atoms with Crippen molar-refractivity contribution in [2.75, 3.05) is 6.61 Å². The van der Waals surface area contributed by atoms with E-state index in [0.29, 0.717) is 6.42 Å². The first kappa shape index (κ1) is 11.6. The molecule has 0 unspecified atom stereocenters. The van der Waals surface area contributed by atoms with Crippen LogP contribution in [0.4, 0.5) is 0 Å². The molecule has 0 aliphatic heterocycles. The molecular formula is C14H14O3. The Kier molecular flexibility index (Phi) is 3.40. The Morgan fingerprint density at radius 3 is 2.53 bits per heavy atom. The smallest absolute Gasteiger partial charge is 0.309 e. The molecule has 0 spiro atoms. The summed E-state index contributed by atoms with van der Waals surface area (Å²) in [4.78, 5) is 10.9. The molecule has 1 atom stereocenters. The maximum atomic E-state index is 10.9. The van der Waals surface area contributed by atoms with Crippen molar-refractivity contribution in [2.45, 2.75) is 6.42 Å². The third-order valence-corrected chi connectivity index (χ3v) is 2.92. The lowest BCUT2D eigenvalue weighted by molar-refractivity contribution is -0.142. The first-order valence-corrected chi connectivity index (χ1v) is 5.52. The van der Waals surface area contributed by atoms with Gasteiger partial charge in [-0.3, -0.25) is 4.79 Å². The van der Waals surface area contributed by atoms with Gasteiger partial charge in [0.05, 0.1) is 12.5 Å². The molecule has 0 heterocycles. The molecule has 2 rings (SSSR count). The summed E-state index contributed by atoms with van der Waals surface area (Å²) in [6, 6.07) is 13.7. The van der Waals surface area contributed by atoms with E-state index < -0.39 is 11.9 Å². The highest BCUT2D eigenvalue weighted by atomic mass is 16.4. The fraction of sp³-hybridized carbons (Fsp3) is 0.214. The SMILES string of the molecule is O=C(O)[C@H](CO)Cc1cccc2ccccc12. The summed E-state index contributed by atoms with van der Waals surface area (Å²) in [6.45, 7) is -0.335. The van der Waals surface area contributed by atoms with Gasteiger partial charge in [0.2, 0.25) is 0 Å². The first-order valence-electron chi connectivity index (χ1n) is 5.52. The highest BCUT2D eigenvalue weighted by molar-refractivity contribution is 5.86. The van der Waals surface area contributed by atoms with Crippen LogP contribution in [-0.4, -0.2) is 22.8 Å². The van der Waals surface area contributed by atoms with Gasteiger partial charge in [-0.15, -0.1) is 0 Å². The van der Waals surface area contributed by atoms with Crippen LogP contribution in [-0.2, 0) is 11.2 Å². The van der Waals surface area contributed by atoms with E-state index in [-0.39, 0.29) is 6.61 Å². The van der Waals surface area contributed by atoms with Crippen molar-refractivity contribution >= 4 is 16.7 Å². The molecule has 0 radical (unpaired) electrons. The zero-order valence-corrected chi connectivity index (χ0v) is 9.34. The van der Waals surface area contributed by atoms with E-state index in [1.807, 2.05) is 42.5 Å². The number of aliphatic hydroxyl groups excluding tert-OH is 1. The zero-order valence-electron chi connectivity index (χ0n) is 9.34. The molecular weight excluding hydrogens is 216 g/mol. The van der Waals surface area contributed by atoms with E-state index in [9.17, 15) is 4.79 Å². The third-order valence-electron chi connectivity index (χ3n) is 2.92. The lowest BCUT2D eigenvalue weighted by atomic mass is 9.95. The van der Waals surface area contributed by atoms with E-state index in [0.717, 1.165) is 16.3 Å². The molecule has 0 saturated heterocycles. The summed E-state index contributed by atoms with van der Waals surface area (Å²) in [7, 11) is 0. The molecule has 3 heteroatoms. The Balaban J connectivity index is 2.38. The predicted molar refractivity (Wildman–Crippen MR) is 65.9 cm³/mol. The van der Waals surface area contributed by atoms with E-state index in [4.69, 9.17) is 10.2 Å². The van der Waals surface area contributed by atoms with Gasteiger partial charge in [0, 0.05) is 0 Å². The monoisotopic (exact) mass is 230 g/mol. The largest absolute Gasteiger partial charge is 0.481 e. The number of benzene rings is 2. The van der Waals surface area contributed by atoms with Gasteiger partial charge in [-0.2, -0.15) is 0 Å². The number of carboxylic acids is 1. The molecule has 3 nitrogen and oxygen atoms in total. The van der Waals surface area contributed by atoms with Crippen LogP contribution in [0.25, 0.3) is 10.8 Å². The Morgan fingerprint density at radius 2 is 1.82 bits per heavy atom. The van der Waals surface area contributed by atoms with Gasteiger partial charge in [0.15, 0.2) is 0 Å². The Labute approximate surface area is 99.3 Å². The van der Waals surface area contributed by atoms with E-state index in [1.165, 1.54) is 0 Å². The van der Waals surface area contributed by atoms with Crippen LogP contribution in [0, 0.1) is 5.92 Å². The van der Waals surface area contributed by atoms with Crippen LogP contribution in [0.15, 0.2) is 42.5 Å². The molecule has 0 aromatic heterocycles. The number of rotatable bonds is 4. The molecule has 0 saturated carbocycles. The summed E-state index contributed by atoms with van der Waals surface area (Å²) in [6.07, 6.45) is 0.354. The fourth-order valence-corrected chi connectivity index (χ4v) is 1.97. The van der Waals surface area contributed by atoms with Crippen LogP contribution in [0.2, 0.25) is 0 Å². The summed E-state index contributed by atoms with van der Waals surface area (Å²) in [5.41, 5.74) is 0.963. The molecule has 0 bridgehead atoms. The number of fused-ring (bicyclic) bond motifs is 1. The fourth-order valence-electron chi connectivity index (χ4n) is 1.97. The number of hydrogen-bond acceptors (Lipinski definition) is 2. The summed E-state index contributed by atoms with van der Waals surface area (Å²) in [5.74, 6) is -1.69. The standard InChI is InChI=1S/C14H14O3/c15-9-12(14(16)17)8-11-6-3-5-10-4-1-2-7-13(10)11/h1-7,12,15H,8-9H2,(H,16,17)/t12-/m0/s1. The van der Waals surface area contributed by atoms with E-state index >= 15 is 0 Å². The normalized spacial score (nSPS) is 12.5. The Bertz CT molecular complexity index is 528. The molecule has 17 heavy (non-hydrogen) atoms. The molecule has 0 aliphatic carbocycles. The second kappa shape index (κ2) is 4.97. The van der Waals surface area contributed by atoms with Crippen molar-refractivity contribution in [3.8, 4) is 0 Å². The third kappa shape index (κ3) is 2.45. The maximum absolute atomic E-state index is 10.9. The minimum absolute atomic E-state index is 0.335. The second-order valence-electron chi connectivity index (χ2n) is 4.06. The van der Waals surface area contributed by atoms with Crippen LogP contribution < -0.4 is 0 Å². The van der Waals surface area contributed by atoms with Crippen molar-refractivity contribution < 1.29 is 15.0 Å². The van der Waals surface area contributed by atoms with Crippen molar-refractivity contribution in [3.05, 3.63) is 48.0 Å². The van der Waals surface area contributed by atoms with E-state index in [1.54, 1.807) is 0 Å². The van der Waals surface area contributed by atoms with Gasteiger partial charge in [-0.05, 0) is 22.8 Å². The average molecular weight is 230 g/mol. The zero-order chi connectivity index (χ0) is 12.3. The highest BCUT2D eigenvalue weighted by Crippen LogP contribution is 2.21. The van der Waals surface area contributed by atoms with Crippen molar-refractivity contribution in [1.29, 1.82) is 0 Å². The lowest BCUT2D eigenvalue weighted by Crippen LogP contribution is -2.20. The van der Waals surface area contributed by atoms with Gasteiger partial charge >= 0.3 is 5.97 Å². The van der Waals surface area contributed by atoms with Crippen LogP contribution in [0.5, 0.6) is 0 Å². The van der Waals surface area contributed by atoms with Gasteiger partial charge in [-0.25, -0.2) is 0 Å². The van der Waals surface area contributed by atoms with Crippen molar-refractivity contribution in [3.63, 3.8) is 0 Å². The molecule has 0 amide bonds. The maximum Gasteiger partial charge on any atom is 0.309 e. The number of aliphatic hydroxyl groups is 1. The van der Waals surface area contributed by atoms with E-state index in [2.05, 4.69) is 0 Å². The number of carbonyl (C=O) groups is 1. The van der Waals surface area contributed by atoms with Gasteiger partial charge in [-0.1, -0.05) is 42.5 Å². The van der Waals surface area contributed by atoms with Crippen molar-refractivity contribution in [1.82, 2.24) is 0 Å². The highest BCUT2D eigenvalue weighted by Gasteiger charge is 2.17. The van der Waals surface area contributed by atoms with Crippen LogP contribution in [0.3, 0.4) is 0 Å². The molecule has 88 valence electrons. The molecule has 2 N–H and O–H groups in total. The summed E-state index contributed by atoms with van der Waals surface area (Å²) in [5, 5.41) is 20.1. The Morgan fingerprint density at radius 1 is 1.12 bits per heavy atom. The van der Waals surface area contributed by atoms with Crippen molar-refractivity contribution in [2.24, 2.45) is 5.92 Å². The second-order valence-corrected chi connectivity index (χ2v) is 4.06. The molecule has 2 aromatic carbocycles. The topological polar surface area (TPSA) is 57.5 Å². The van der Waals surface area contributed by atoms with Gasteiger partial charge in [0.25, 0.3) is 0 Å². The molecule has 2 aromatic rings. The average Bonchev–Trinajstić information content (AvgIpc) is 2.35. The summed E-state index contributed by atoms with van der Waals surface area (Å²) >= 11 is 0. The Hall–Kier alpha value is -1.87. The van der Waals surface area contributed by atoms with Gasteiger partial charge in [0.1, 0.15) is 0 Å². The van der Waals surface area contributed by atoms with Crippen LogP contribution >= 0.6 is 0 Å². The minimum atomic E-state index is -0.958. The quantitative estimate of drug-likeness (QED) is 0.845.